The van der Waals surface area contributed by atoms with Crippen LogP contribution in [0.2, 0.25) is 0 Å². The van der Waals surface area contributed by atoms with Gasteiger partial charge in [0.15, 0.2) is 6.10 Å². The van der Waals surface area contributed by atoms with Crippen molar-refractivity contribution in [2.24, 2.45) is 0 Å². The minimum absolute atomic E-state index is 0.222. The van der Waals surface area contributed by atoms with Crippen LogP contribution >= 0.6 is 0 Å². The first-order valence-electron chi connectivity index (χ1n) is 7.00. The van der Waals surface area contributed by atoms with Gasteiger partial charge in [-0.2, -0.15) is 0 Å². The molecule has 1 aliphatic heterocycles. The van der Waals surface area contributed by atoms with Crippen LogP contribution in [0, 0.1) is 0 Å². The molecule has 0 aliphatic carbocycles. The highest BCUT2D eigenvalue weighted by Gasteiger charge is 2.23. The molecule has 0 saturated carbocycles. The van der Waals surface area contributed by atoms with E-state index in [-0.39, 0.29) is 11.8 Å². The molecule has 0 spiro atoms. The van der Waals surface area contributed by atoms with Crippen molar-refractivity contribution in [3.8, 4) is 11.6 Å². The summed E-state index contributed by atoms with van der Waals surface area (Å²) in [5, 5.41) is 5.48. The van der Waals surface area contributed by atoms with Crippen LogP contribution < -0.4 is 20.1 Å². The van der Waals surface area contributed by atoms with Crippen LogP contribution in [0.1, 0.15) is 17.3 Å². The molecule has 1 atom stereocenters. The number of amides is 2. The van der Waals surface area contributed by atoms with Gasteiger partial charge in [-0.25, -0.2) is 4.98 Å². The van der Waals surface area contributed by atoms with Crippen molar-refractivity contribution in [2.45, 2.75) is 13.0 Å². The Kier molecular flexibility index (Phi) is 3.84. The summed E-state index contributed by atoms with van der Waals surface area (Å²) in [5.74, 6) is 0.474. The SMILES string of the molecule is COc1ccc(C(=O)Nc2ccc3c(c2)NC(=O)C(C)O3)cn1. The Balaban J connectivity index is 1.76. The van der Waals surface area contributed by atoms with E-state index in [4.69, 9.17) is 9.47 Å². The lowest BCUT2D eigenvalue weighted by molar-refractivity contribution is -0.122. The molecular formula is C16H15N3O4. The third-order valence-corrected chi connectivity index (χ3v) is 3.38. The number of nitrogens with zero attached hydrogens (tertiary/aromatic N) is 1. The van der Waals surface area contributed by atoms with Crippen LogP contribution in [0.4, 0.5) is 11.4 Å². The van der Waals surface area contributed by atoms with Crippen LogP contribution in [0.25, 0.3) is 0 Å². The Bertz CT molecular complexity index is 758. The van der Waals surface area contributed by atoms with Gasteiger partial charge in [0.2, 0.25) is 5.88 Å². The molecular weight excluding hydrogens is 298 g/mol. The van der Waals surface area contributed by atoms with E-state index >= 15 is 0 Å². The van der Waals surface area contributed by atoms with E-state index in [0.29, 0.717) is 28.6 Å². The number of nitrogens with one attached hydrogen (secondary N) is 2. The summed E-state index contributed by atoms with van der Waals surface area (Å²) in [7, 11) is 1.51. The highest BCUT2D eigenvalue weighted by Crippen LogP contribution is 2.32. The molecule has 7 heteroatoms. The molecule has 2 aromatic rings. The molecule has 1 aliphatic rings. The Hall–Kier alpha value is -3.09. The highest BCUT2D eigenvalue weighted by molar-refractivity contribution is 6.05. The fraction of sp³-hybridized carbons (Fsp3) is 0.188. The number of methoxy groups -OCH3 is 1. The van der Waals surface area contributed by atoms with Gasteiger partial charge in [-0.15, -0.1) is 0 Å². The fourth-order valence-electron chi connectivity index (χ4n) is 2.13. The number of benzene rings is 1. The lowest BCUT2D eigenvalue weighted by atomic mass is 10.2. The molecule has 1 unspecified atom stereocenters. The molecule has 2 N–H and O–H groups in total. The van der Waals surface area contributed by atoms with Crippen molar-refractivity contribution >= 4 is 23.2 Å². The maximum Gasteiger partial charge on any atom is 0.265 e. The van der Waals surface area contributed by atoms with Crippen molar-refractivity contribution in [1.82, 2.24) is 4.98 Å². The topological polar surface area (TPSA) is 89.6 Å². The van der Waals surface area contributed by atoms with Gasteiger partial charge in [-0.1, -0.05) is 0 Å². The van der Waals surface area contributed by atoms with E-state index in [2.05, 4.69) is 15.6 Å². The number of carbonyl (C=O) groups is 2. The molecule has 23 heavy (non-hydrogen) atoms. The molecule has 3 rings (SSSR count). The first kappa shape index (κ1) is 14.8. The third kappa shape index (κ3) is 3.08. The van der Waals surface area contributed by atoms with Gasteiger partial charge in [-0.3, -0.25) is 9.59 Å². The van der Waals surface area contributed by atoms with Crippen LogP contribution in [0.3, 0.4) is 0 Å². The Morgan fingerprint density at radius 3 is 2.87 bits per heavy atom. The normalized spacial score (nSPS) is 15.9. The minimum Gasteiger partial charge on any atom is -0.481 e. The Labute approximate surface area is 132 Å². The van der Waals surface area contributed by atoms with Gasteiger partial charge in [0.05, 0.1) is 18.4 Å². The van der Waals surface area contributed by atoms with Gasteiger partial charge in [-0.05, 0) is 31.2 Å². The van der Waals surface area contributed by atoms with Gasteiger partial charge >= 0.3 is 0 Å². The number of aromatic nitrogens is 1. The zero-order valence-electron chi connectivity index (χ0n) is 12.6. The van der Waals surface area contributed by atoms with Crippen molar-refractivity contribution < 1.29 is 19.1 Å². The zero-order valence-corrected chi connectivity index (χ0v) is 12.6. The lowest BCUT2D eigenvalue weighted by Gasteiger charge is -2.23. The van der Waals surface area contributed by atoms with E-state index in [1.807, 2.05) is 0 Å². The van der Waals surface area contributed by atoms with Crippen molar-refractivity contribution in [3.05, 3.63) is 42.1 Å². The molecule has 7 nitrogen and oxygen atoms in total. The van der Waals surface area contributed by atoms with E-state index in [1.165, 1.54) is 13.3 Å². The van der Waals surface area contributed by atoms with Crippen molar-refractivity contribution in [1.29, 1.82) is 0 Å². The van der Waals surface area contributed by atoms with Crippen LogP contribution in [0.5, 0.6) is 11.6 Å². The number of hydrogen-bond acceptors (Lipinski definition) is 5. The van der Waals surface area contributed by atoms with E-state index in [9.17, 15) is 9.59 Å². The number of rotatable bonds is 3. The minimum atomic E-state index is -0.534. The second-order valence-electron chi connectivity index (χ2n) is 5.00. The predicted molar refractivity (Wildman–Crippen MR) is 83.9 cm³/mol. The van der Waals surface area contributed by atoms with E-state index in [1.54, 1.807) is 37.3 Å². The number of hydrogen-bond donors (Lipinski definition) is 2. The smallest absolute Gasteiger partial charge is 0.265 e. The van der Waals surface area contributed by atoms with E-state index in [0.717, 1.165) is 0 Å². The van der Waals surface area contributed by atoms with E-state index < -0.39 is 6.10 Å². The Morgan fingerprint density at radius 2 is 2.17 bits per heavy atom. The summed E-state index contributed by atoms with van der Waals surface area (Å²) in [6, 6.07) is 8.28. The zero-order chi connectivity index (χ0) is 16.4. The number of pyridine rings is 1. The number of carbonyl (C=O) groups excluding carboxylic acids is 2. The molecule has 0 radical (unpaired) electrons. The average Bonchev–Trinajstić information content (AvgIpc) is 2.56. The summed E-state index contributed by atoms with van der Waals surface area (Å²) in [5.41, 5.74) is 1.47. The first-order valence-corrected chi connectivity index (χ1v) is 7.00. The predicted octanol–water partition coefficient (Wildman–Crippen LogP) is 2.06. The molecule has 1 aromatic carbocycles. The summed E-state index contributed by atoms with van der Waals surface area (Å²) < 4.78 is 10.4. The molecule has 2 heterocycles. The third-order valence-electron chi connectivity index (χ3n) is 3.38. The van der Waals surface area contributed by atoms with Gasteiger partial charge in [0, 0.05) is 18.0 Å². The number of fused-ring (bicyclic) bond motifs is 1. The van der Waals surface area contributed by atoms with Crippen LogP contribution in [-0.2, 0) is 4.79 Å². The molecule has 1 aromatic heterocycles. The van der Waals surface area contributed by atoms with Gasteiger partial charge in [0.25, 0.3) is 11.8 Å². The first-order chi connectivity index (χ1) is 11.1. The second-order valence-corrected chi connectivity index (χ2v) is 5.00. The average molecular weight is 313 g/mol. The maximum atomic E-state index is 12.2. The summed E-state index contributed by atoms with van der Waals surface area (Å²) in [4.78, 5) is 27.8. The largest absolute Gasteiger partial charge is 0.481 e. The Morgan fingerprint density at radius 1 is 1.35 bits per heavy atom. The highest BCUT2D eigenvalue weighted by atomic mass is 16.5. The van der Waals surface area contributed by atoms with Crippen molar-refractivity contribution in [2.75, 3.05) is 17.7 Å². The molecule has 0 saturated heterocycles. The van der Waals surface area contributed by atoms with Gasteiger partial charge < -0.3 is 20.1 Å². The van der Waals surface area contributed by atoms with Crippen LogP contribution in [0.15, 0.2) is 36.5 Å². The standard InChI is InChI=1S/C16H15N3O4/c1-9-15(20)19-12-7-11(4-5-13(12)23-9)18-16(21)10-3-6-14(22-2)17-8-10/h3-9H,1-2H3,(H,18,21)(H,19,20). The molecule has 118 valence electrons. The molecule has 0 fully saturated rings. The number of ether oxygens (including phenoxy) is 2. The molecule has 0 bridgehead atoms. The molecule has 2 amide bonds. The van der Waals surface area contributed by atoms with Crippen LogP contribution in [-0.4, -0.2) is 30.0 Å². The fourth-order valence-corrected chi connectivity index (χ4v) is 2.13. The lowest BCUT2D eigenvalue weighted by Crippen LogP contribution is -2.34. The quantitative estimate of drug-likeness (QED) is 0.905. The second kappa shape index (κ2) is 5.96. The number of anilines is 2. The summed E-state index contributed by atoms with van der Waals surface area (Å²) >= 11 is 0. The van der Waals surface area contributed by atoms with Crippen molar-refractivity contribution in [3.63, 3.8) is 0 Å². The summed E-state index contributed by atoms with van der Waals surface area (Å²) in [6.07, 6.45) is 0.896. The maximum absolute atomic E-state index is 12.2. The monoisotopic (exact) mass is 313 g/mol. The van der Waals surface area contributed by atoms with Gasteiger partial charge in [0.1, 0.15) is 5.75 Å². The summed E-state index contributed by atoms with van der Waals surface area (Å²) in [6.45, 7) is 1.67.